The molecule has 0 aromatic carbocycles. The molecule has 0 radical (unpaired) electrons. The fourth-order valence-electron chi connectivity index (χ4n) is 11.1. The van der Waals surface area contributed by atoms with E-state index in [1.165, 1.54) is 315 Å². The lowest BCUT2D eigenvalue weighted by molar-refractivity contribution is -0.143. The summed E-state index contributed by atoms with van der Waals surface area (Å²) in [6, 6.07) is -0.539. The number of ether oxygens (including phenoxy) is 1. The summed E-state index contributed by atoms with van der Waals surface area (Å²) < 4.78 is 5.49. The quantitative estimate of drug-likeness (QED) is 0.0320. The average molecular weight is 1080 g/mol. The number of aliphatic hydroxyl groups is 2. The Balaban J connectivity index is 3.35. The highest BCUT2D eigenvalue weighted by Gasteiger charge is 2.20. The Morgan fingerprint density at radius 2 is 0.610 bits per heavy atom. The Hall–Kier alpha value is -1.66. The van der Waals surface area contributed by atoms with Crippen molar-refractivity contribution < 1.29 is 24.5 Å². The molecule has 0 aliphatic carbocycles. The molecule has 0 rings (SSSR count). The minimum Gasteiger partial charge on any atom is -0.466 e. The van der Waals surface area contributed by atoms with Crippen molar-refractivity contribution >= 4 is 11.9 Å². The lowest BCUT2D eigenvalue weighted by Crippen LogP contribution is -2.45. The first-order chi connectivity index (χ1) is 38.0. The molecule has 0 aromatic rings. The molecule has 0 aliphatic heterocycles. The SMILES string of the molecule is CCCCCCC/C=C\CCCCCCCC(=O)OCCCCCCCCCCCCCC/C=C\CCCCCCCCCCCCCCCCCC(=O)NC(CO)C(O)CCCCCCCCCCCCCCCCC. The standard InChI is InChI=1S/C71H137NO5/c1-3-5-7-9-11-13-15-17-36-39-43-47-51-55-59-63-69(74)68(67-73)72-70(75)64-60-56-52-48-44-40-37-34-32-30-28-26-24-22-20-19-21-23-25-27-29-31-33-35-38-42-46-50-54-58-62-66-77-71(76)65-61-57-53-49-45-41-18-16-14-12-10-8-6-4-2/h16,18,21,23,68-69,73-74H,3-15,17,19-20,22,24-67H2,1-2H3,(H,72,75)/b18-16-,23-21-. The molecule has 0 fully saturated rings. The van der Waals surface area contributed by atoms with Gasteiger partial charge in [0.15, 0.2) is 0 Å². The Labute approximate surface area is 481 Å². The molecule has 0 saturated carbocycles. The Morgan fingerprint density at radius 1 is 0.351 bits per heavy atom. The summed E-state index contributed by atoms with van der Waals surface area (Å²) in [5.74, 6) is -0.0204. The lowest BCUT2D eigenvalue weighted by Gasteiger charge is -2.22. The summed E-state index contributed by atoms with van der Waals surface area (Å²) in [6.07, 6.45) is 83.7. The van der Waals surface area contributed by atoms with E-state index in [1.54, 1.807) is 0 Å². The first-order valence-electron chi connectivity index (χ1n) is 35.1. The third kappa shape index (κ3) is 63.4. The smallest absolute Gasteiger partial charge is 0.305 e. The summed E-state index contributed by atoms with van der Waals surface area (Å²) >= 11 is 0. The van der Waals surface area contributed by atoms with Crippen LogP contribution in [0.3, 0.4) is 0 Å². The number of nitrogens with one attached hydrogen (secondary N) is 1. The second kappa shape index (κ2) is 66.8. The van der Waals surface area contributed by atoms with Crippen LogP contribution >= 0.6 is 0 Å². The van der Waals surface area contributed by atoms with E-state index in [-0.39, 0.29) is 18.5 Å². The minimum atomic E-state index is -0.662. The van der Waals surface area contributed by atoms with E-state index < -0.39 is 12.1 Å². The maximum Gasteiger partial charge on any atom is 0.305 e. The van der Waals surface area contributed by atoms with Crippen molar-refractivity contribution in [2.75, 3.05) is 13.2 Å². The van der Waals surface area contributed by atoms with Crippen LogP contribution in [-0.2, 0) is 14.3 Å². The molecule has 2 atom stereocenters. The van der Waals surface area contributed by atoms with E-state index >= 15 is 0 Å². The van der Waals surface area contributed by atoms with Crippen LogP contribution < -0.4 is 5.32 Å². The maximum absolute atomic E-state index is 12.5. The van der Waals surface area contributed by atoms with Gasteiger partial charge in [0.25, 0.3) is 0 Å². The average Bonchev–Trinajstić information content (AvgIpc) is 3.43. The number of unbranched alkanes of at least 4 members (excludes halogenated alkanes) is 51. The normalized spacial score (nSPS) is 12.6. The van der Waals surface area contributed by atoms with Crippen LogP contribution in [0, 0.1) is 0 Å². The molecule has 0 spiro atoms. The van der Waals surface area contributed by atoms with Gasteiger partial charge >= 0.3 is 5.97 Å². The summed E-state index contributed by atoms with van der Waals surface area (Å²) in [5, 5.41) is 23.3. The summed E-state index contributed by atoms with van der Waals surface area (Å²) in [4.78, 5) is 24.6. The molecular weight excluding hydrogens is 947 g/mol. The van der Waals surface area contributed by atoms with E-state index in [1.807, 2.05) is 0 Å². The molecule has 2 unspecified atom stereocenters. The van der Waals surface area contributed by atoms with E-state index in [9.17, 15) is 19.8 Å². The van der Waals surface area contributed by atoms with E-state index in [0.717, 1.165) is 44.9 Å². The lowest BCUT2D eigenvalue weighted by atomic mass is 10.0. The molecule has 3 N–H and O–H groups in total. The Kier molecular flexibility index (Phi) is 65.4. The monoisotopic (exact) mass is 1080 g/mol. The van der Waals surface area contributed by atoms with Gasteiger partial charge < -0.3 is 20.3 Å². The van der Waals surface area contributed by atoms with Gasteiger partial charge in [0.05, 0.1) is 25.4 Å². The number of hydrogen-bond acceptors (Lipinski definition) is 5. The zero-order valence-corrected chi connectivity index (χ0v) is 52.2. The van der Waals surface area contributed by atoms with E-state index in [4.69, 9.17) is 4.74 Å². The number of carbonyl (C=O) groups excluding carboxylic acids is 2. The number of rotatable bonds is 66. The summed E-state index contributed by atoms with van der Waals surface area (Å²) in [6.45, 7) is 4.97. The third-order valence-electron chi connectivity index (χ3n) is 16.5. The van der Waals surface area contributed by atoms with Crippen molar-refractivity contribution in [1.29, 1.82) is 0 Å². The minimum absolute atomic E-state index is 0.00967. The van der Waals surface area contributed by atoms with Crippen molar-refractivity contribution in [3.05, 3.63) is 24.3 Å². The first-order valence-corrected chi connectivity index (χ1v) is 35.1. The van der Waals surface area contributed by atoms with Crippen LogP contribution in [0.15, 0.2) is 24.3 Å². The van der Waals surface area contributed by atoms with Crippen LogP contribution in [0.2, 0.25) is 0 Å². The molecular formula is C71H137NO5. The van der Waals surface area contributed by atoms with E-state index in [2.05, 4.69) is 43.5 Å². The number of aliphatic hydroxyl groups excluding tert-OH is 2. The van der Waals surface area contributed by atoms with Crippen molar-refractivity contribution in [3.8, 4) is 0 Å². The van der Waals surface area contributed by atoms with Gasteiger partial charge in [0.1, 0.15) is 0 Å². The topological polar surface area (TPSA) is 95.9 Å². The van der Waals surface area contributed by atoms with Gasteiger partial charge in [-0.05, 0) is 77.0 Å². The van der Waals surface area contributed by atoms with Crippen LogP contribution in [0.4, 0.5) is 0 Å². The van der Waals surface area contributed by atoms with Gasteiger partial charge in [-0.15, -0.1) is 0 Å². The van der Waals surface area contributed by atoms with Gasteiger partial charge in [-0.3, -0.25) is 9.59 Å². The highest BCUT2D eigenvalue weighted by atomic mass is 16.5. The molecule has 77 heavy (non-hydrogen) atoms. The Morgan fingerprint density at radius 3 is 0.922 bits per heavy atom. The van der Waals surface area contributed by atoms with Crippen LogP contribution in [0.1, 0.15) is 393 Å². The summed E-state index contributed by atoms with van der Waals surface area (Å²) in [5.41, 5.74) is 0. The predicted octanol–water partition coefficient (Wildman–Crippen LogP) is 22.5. The number of hydrogen-bond donors (Lipinski definition) is 3. The maximum atomic E-state index is 12.5. The number of esters is 1. The second-order valence-electron chi connectivity index (χ2n) is 24.2. The van der Waals surface area contributed by atoms with Crippen molar-refractivity contribution in [3.63, 3.8) is 0 Å². The van der Waals surface area contributed by atoms with Gasteiger partial charge in [-0.1, -0.05) is 327 Å². The van der Waals surface area contributed by atoms with Crippen molar-refractivity contribution in [1.82, 2.24) is 5.32 Å². The molecule has 6 nitrogen and oxygen atoms in total. The summed E-state index contributed by atoms with van der Waals surface area (Å²) in [7, 11) is 0. The molecule has 0 bridgehead atoms. The van der Waals surface area contributed by atoms with Crippen LogP contribution in [0.25, 0.3) is 0 Å². The molecule has 1 amide bonds. The van der Waals surface area contributed by atoms with E-state index in [0.29, 0.717) is 25.9 Å². The van der Waals surface area contributed by atoms with Gasteiger partial charge in [0.2, 0.25) is 5.91 Å². The highest BCUT2D eigenvalue weighted by Crippen LogP contribution is 2.19. The number of carbonyl (C=O) groups is 2. The zero-order valence-electron chi connectivity index (χ0n) is 52.2. The molecule has 6 heteroatoms. The highest BCUT2D eigenvalue weighted by molar-refractivity contribution is 5.76. The van der Waals surface area contributed by atoms with Gasteiger partial charge in [0, 0.05) is 12.8 Å². The zero-order chi connectivity index (χ0) is 55.7. The number of allylic oxidation sites excluding steroid dienone is 4. The molecule has 0 aliphatic rings. The molecule has 0 aromatic heterocycles. The Bertz CT molecular complexity index is 1200. The molecule has 456 valence electrons. The van der Waals surface area contributed by atoms with Crippen molar-refractivity contribution in [2.45, 2.75) is 405 Å². The number of amides is 1. The first kappa shape index (κ1) is 75.3. The van der Waals surface area contributed by atoms with Crippen LogP contribution in [-0.4, -0.2) is 47.4 Å². The van der Waals surface area contributed by atoms with Crippen molar-refractivity contribution in [2.24, 2.45) is 0 Å². The second-order valence-corrected chi connectivity index (χ2v) is 24.2. The predicted molar refractivity (Wildman–Crippen MR) is 338 cm³/mol. The van der Waals surface area contributed by atoms with Gasteiger partial charge in [-0.25, -0.2) is 0 Å². The van der Waals surface area contributed by atoms with Gasteiger partial charge in [-0.2, -0.15) is 0 Å². The van der Waals surface area contributed by atoms with Crippen LogP contribution in [0.5, 0.6) is 0 Å². The molecule has 0 heterocycles. The largest absolute Gasteiger partial charge is 0.466 e. The fraction of sp³-hybridized carbons (Fsp3) is 0.915. The molecule has 0 saturated heterocycles. The fourth-order valence-corrected chi connectivity index (χ4v) is 11.1. The third-order valence-corrected chi connectivity index (χ3v) is 16.5.